The third-order valence-corrected chi connectivity index (χ3v) is 6.77. The first-order valence-electron chi connectivity index (χ1n) is 14.0. The van der Waals surface area contributed by atoms with Crippen LogP contribution in [-0.4, -0.2) is 66.5 Å². The van der Waals surface area contributed by atoms with Crippen LogP contribution in [0.2, 0.25) is 0 Å². The first kappa shape index (κ1) is 34.9. The maximum atomic E-state index is 13.5. The highest BCUT2D eigenvalue weighted by Crippen LogP contribution is 2.09. The Labute approximate surface area is 256 Å². The number of ether oxygens (including phenoxy) is 2. The minimum atomic E-state index is -1.04. The van der Waals surface area contributed by atoms with Crippen molar-refractivity contribution in [1.29, 1.82) is 0 Å². The molecule has 0 unspecified atom stereocenters. The van der Waals surface area contributed by atoms with E-state index in [9.17, 15) is 24.0 Å². The molecule has 0 aliphatic heterocycles. The van der Waals surface area contributed by atoms with Crippen molar-refractivity contribution >= 4 is 41.5 Å². The Morgan fingerprint density at radius 2 is 1.47 bits per heavy atom. The Bertz CT molecular complexity index is 1210. The quantitative estimate of drug-likeness (QED) is 0.147. The van der Waals surface area contributed by atoms with Crippen molar-refractivity contribution in [3.05, 3.63) is 83.9 Å². The van der Waals surface area contributed by atoms with E-state index in [1.807, 2.05) is 66.9 Å². The summed E-state index contributed by atoms with van der Waals surface area (Å²) >= 11 is 1.51. The number of hydrogen-bond donors (Lipinski definition) is 4. The lowest BCUT2D eigenvalue weighted by atomic mass is 10.0. The molecule has 0 radical (unpaired) electrons. The van der Waals surface area contributed by atoms with Gasteiger partial charge in [0.25, 0.3) is 0 Å². The van der Waals surface area contributed by atoms with E-state index in [2.05, 4.69) is 16.0 Å². The molecule has 0 heterocycles. The second-order valence-electron chi connectivity index (χ2n) is 9.52. The van der Waals surface area contributed by atoms with E-state index in [0.717, 1.165) is 11.1 Å². The lowest BCUT2D eigenvalue weighted by molar-refractivity contribution is -0.137. The molecular weight excluding hydrogens is 572 g/mol. The molecule has 2 aromatic rings. The highest BCUT2D eigenvalue weighted by molar-refractivity contribution is 7.98. The van der Waals surface area contributed by atoms with Gasteiger partial charge in [-0.25, -0.2) is 9.59 Å². The van der Waals surface area contributed by atoms with Crippen LogP contribution in [0.25, 0.3) is 0 Å². The summed E-state index contributed by atoms with van der Waals surface area (Å²) in [5.74, 6) is -1.70. The number of benzene rings is 2. The van der Waals surface area contributed by atoms with Crippen molar-refractivity contribution in [2.24, 2.45) is 5.73 Å². The van der Waals surface area contributed by atoms with Gasteiger partial charge in [0.05, 0.1) is 6.61 Å². The molecule has 0 aromatic heterocycles. The number of hydrogen-bond acceptors (Lipinski definition) is 8. The van der Waals surface area contributed by atoms with Gasteiger partial charge in [-0.3, -0.25) is 14.4 Å². The van der Waals surface area contributed by atoms with Crippen molar-refractivity contribution in [2.75, 3.05) is 18.6 Å². The predicted molar refractivity (Wildman–Crippen MR) is 165 cm³/mol. The molecule has 2 rings (SSSR count). The van der Waals surface area contributed by atoms with Crippen molar-refractivity contribution < 1.29 is 33.4 Å². The minimum absolute atomic E-state index is 0.0363. The third-order valence-electron chi connectivity index (χ3n) is 6.13. The maximum Gasteiger partial charge on any atom is 0.408 e. The van der Waals surface area contributed by atoms with Gasteiger partial charge in [-0.15, -0.1) is 0 Å². The van der Waals surface area contributed by atoms with Gasteiger partial charge in [0, 0.05) is 25.0 Å². The van der Waals surface area contributed by atoms with E-state index in [0.29, 0.717) is 12.2 Å². The Hall–Kier alpha value is -4.32. The van der Waals surface area contributed by atoms with Crippen LogP contribution in [-0.2, 0) is 41.7 Å². The molecule has 12 heteroatoms. The van der Waals surface area contributed by atoms with E-state index in [1.54, 1.807) is 6.92 Å². The smallest absolute Gasteiger partial charge is 0.408 e. The fraction of sp³-hybridized carbons (Fsp3) is 0.387. The number of primary amides is 1. The number of alkyl carbamates (subject to hydrolysis) is 1. The predicted octanol–water partition coefficient (Wildman–Crippen LogP) is 2.63. The van der Waals surface area contributed by atoms with Crippen molar-refractivity contribution in [2.45, 2.75) is 57.3 Å². The zero-order valence-electron chi connectivity index (χ0n) is 24.5. The highest BCUT2D eigenvalue weighted by atomic mass is 32.2. The summed E-state index contributed by atoms with van der Waals surface area (Å²) in [6.45, 7) is 1.88. The Morgan fingerprint density at radius 3 is 2.07 bits per heavy atom. The first-order chi connectivity index (χ1) is 20.7. The largest absolute Gasteiger partial charge is 0.463 e. The van der Waals surface area contributed by atoms with E-state index in [1.165, 1.54) is 23.9 Å². The van der Waals surface area contributed by atoms with Gasteiger partial charge in [0.15, 0.2) is 0 Å². The Morgan fingerprint density at radius 1 is 0.837 bits per heavy atom. The number of thioether (sulfide) groups is 1. The molecule has 4 amide bonds. The Kier molecular flexibility index (Phi) is 16.0. The molecule has 0 aliphatic carbocycles. The van der Waals surface area contributed by atoms with Crippen LogP contribution in [0.15, 0.2) is 72.8 Å². The van der Waals surface area contributed by atoms with Gasteiger partial charge in [-0.2, -0.15) is 11.8 Å². The average Bonchev–Trinajstić information content (AvgIpc) is 3.00. The van der Waals surface area contributed by atoms with Crippen molar-refractivity contribution in [1.82, 2.24) is 16.0 Å². The van der Waals surface area contributed by atoms with Crippen LogP contribution in [0.4, 0.5) is 4.79 Å². The zero-order chi connectivity index (χ0) is 31.5. The van der Waals surface area contributed by atoms with Gasteiger partial charge in [0.1, 0.15) is 18.7 Å². The second kappa shape index (κ2) is 19.7. The highest BCUT2D eigenvalue weighted by Gasteiger charge is 2.28. The van der Waals surface area contributed by atoms with Crippen LogP contribution in [0.3, 0.4) is 0 Å². The summed E-state index contributed by atoms with van der Waals surface area (Å²) in [4.78, 5) is 62.8. The normalized spacial score (nSPS) is 12.9. The topological polar surface area (TPSA) is 166 Å². The van der Waals surface area contributed by atoms with E-state index < -0.39 is 47.9 Å². The van der Waals surface area contributed by atoms with Gasteiger partial charge in [-0.05, 0) is 42.9 Å². The third kappa shape index (κ3) is 14.4. The monoisotopic (exact) mass is 612 g/mol. The molecular formula is C31H40N4O7S. The van der Waals surface area contributed by atoms with Gasteiger partial charge >= 0.3 is 12.1 Å². The molecule has 0 bridgehead atoms. The summed E-state index contributed by atoms with van der Waals surface area (Å²) in [7, 11) is 0. The van der Waals surface area contributed by atoms with Crippen LogP contribution in [0, 0.1) is 0 Å². The molecule has 0 fully saturated rings. The van der Waals surface area contributed by atoms with Crippen molar-refractivity contribution in [3.8, 4) is 0 Å². The van der Waals surface area contributed by atoms with Gasteiger partial charge in [-0.1, -0.05) is 66.7 Å². The van der Waals surface area contributed by atoms with Crippen LogP contribution >= 0.6 is 11.8 Å². The summed E-state index contributed by atoms with van der Waals surface area (Å²) in [6, 6.07) is 15.5. The summed E-state index contributed by atoms with van der Waals surface area (Å²) < 4.78 is 10.2. The van der Waals surface area contributed by atoms with E-state index in [-0.39, 0.29) is 32.5 Å². The Balaban J connectivity index is 2.19. The first-order valence-corrected chi connectivity index (χ1v) is 15.3. The molecule has 3 atom stereocenters. The number of esters is 1. The molecule has 43 heavy (non-hydrogen) atoms. The van der Waals surface area contributed by atoms with Crippen LogP contribution < -0.4 is 21.7 Å². The fourth-order valence-electron chi connectivity index (χ4n) is 3.93. The molecule has 0 saturated heterocycles. The fourth-order valence-corrected chi connectivity index (χ4v) is 4.40. The maximum absolute atomic E-state index is 13.5. The van der Waals surface area contributed by atoms with E-state index >= 15 is 0 Å². The number of nitrogens with one attached hydrogen (secondary N) is 3. The summed E-state index contributed by atoms with van der Waals surface area (Å²) in [5.41, 5.74) is 6.88. The summed E-state index contributed by atoms with van der Waals surface area (Å²) in [5, 5.41) is 8.17. The second-order valence-corrected chi connectivity index (χ2v) is 10.5. The minimum Gasteiger partial charge on any atom is -0.463 e. The lowest BCUT2D eigenvalue weighted by Gasteiger charge is -2.25. The standard InChI is InChI=1S/C31H40N4O7S/c1-3-41-28(37)17-15-24(14-16-27(32)36)33-30(39)26(20-22-10-6-4-7-11-22)34-29(38)25(18-19-43-2)35-31(40)42-21-23-12-8-5-9-13-23/h4-13,15,17,24-26H,3,14,16,18-21H2,1-2H3,(H2,32,36)(H,33,39)(H,34,38)(H,35,40)/b17-15+/t24-,25-,26-/m0/s1. The SMILES string of the molecule is CCOC(=O)/C=C/[C@H](CCC(N)=O)NC(=O)[C@H](Cc1ccccc1)NC(=O)[C@H](CCSC)NC(=O)OCc1ccccc1. The van der Waals surface area contributed by atoms with Gasteiger partial charge in [0.2, 0.25) is 17.7 Å². The molecule has 0 aliphatic rings. The number of amides is 4. The van der Waals surface area contributed by atoms with Gasteiger partial charge < -0.3 is 31.2 Å². The van der Waals surface area contributed by atoms with Crippen molar-refractivity contribution in [3.63, 3.8) is 0 Å². The lowest BCUT2D eigenvalue weighted by Crippen LogP contribution is -2.55. The molecule has 2 aromatic carbocycles. The average molecular weight is 613 g/mol. The number of rotatable bonds is 18. The molecule has 232 valence electrons. The van der Waals surface area contributed by atoms with Crippen LogP contribution in [0.1, 0.15) is 37.3 Å². The number of nitrogens with two attached hydrogens (primary N) is 1. The van der Waals surface area contributed by atoms with E-state index in [4.69, 9.17) is 15.2 Å². The zero-order valence-corrected chi connectivity index (χ0v) is 25.3. The molecule has 5 N–H and O–H groups in total. The molecule has 0 spiro atoms. The molecule has 11 nitrogen and oxygen atoms in total. The summed E-state index contributed by atoms with van der Waals surface area (Å²) in [6.07, 6.45) is 4.25. The number of carbonyl (C=O) groups is 5. The number of carbonyl (C=O) groups excluding carboxylic acids is 5. The molecule has 0 saturated carbocycles. The van der Waals surface area contributed by atoms with Crippen LogP contribution in [0.5, 0.6) is 0 Å².